The summed E-state index contributed by atoms with van der Waals surface area (Å²) in [6.07, 6.45) is 2.61. The van der Waals surface area contributed by atoms with Crippen LogP contribution >= 0.6 is 11.3 Å². The summed E-state index contributed by atoms with van der Waals surface area (Å²) in [7, 11) is -3.85. The average molecular weight is 475 g/mol. The van der Waals surface area contributed by atoms with Crippen molar-refractivity contribution in [2.45, 2.75) is 11.1 Å². The Hall–Kier alpha value is -3.77. The van der Waals surface area contributed by atoms with E-state index < -0.39 is 28.5 Å². The lowest BCUT2D eigenvalue weighted by Gasteiger charge is -2.10. The van der Waals surface area contributed by atoms with Crippen molar-refractivity contribution in [3.8, 4) is 5.75 Å². The third kappa shape index (κ3) is 5.89. The first-order valence-corrected chi connectivity index (χ1v) is 11.4. The van der Waals surface area contributed by atoms with Crippen molar-refractivity contribution < 1.29 is 27.9 Å². The van der Waals surface area contributed by atoms with Crippen molar-refractivity contribution in [3.05, 3.63) is 71.4 Å². The van der Waals surface area contributed by atoms with E-state index in [0.29, 0.717) is 17.0 Å². The Kier molecular flexibility index (Phi) is 7.18. The van der Waals surface area contributed by atoms with Gasteiger partial charge in [0.2, 0.25) is 0 Å². The van der Waals surface area contributed by atoms with Crippen molar-refractivity contribution in [2.24, 2.45) is 5.10 Å². The quantitative estimate of drug-likeness (QED) is 0.319. The molecule has 12 heteroatoms. The molecule has 3 N–H and O–H groups in total. The predicted octanol–water partition coefficient (Wildman–Crippen LogP) is 2.56. The second-order valence-electron chi connectivity index (χ2n) is 6.30. The Morgan fingerprint density at radius 2 is 1.94 bits per heavy atom. The maximum atomic E-state index is 12.6. The van der Waals surface area contributed by atoms with Gasteiger partial charge in [0.25, 0.3) is 15.9 Å². The summed E-state index contributed by atoms with van der Waals surface area (Å²) in [5.74, 6) is -1.33. The van der Waals surface area contributed by atoms with E-state index in [0.717, 1.165) is 11.3 Å². The van der Waals surface area contributed by atoms with Crippen LogP contribution in [0.5, 0.6) is 5.75 Å². The number of anilines is 1. The fraction of sp³-hybridized carbons (Fsp3) is 0.100. The van der Waals surface area contributed by atoms with Crippen molar-refractivity contribution in [3.63, 3.8) is 0 Å². The van der Waals surface area contributed by atoms with E-state index in [4.69, 9.17) is 9.84 Å². The summed E-state index contributed by atoms with van der Waals surface area (Å²) in [5.41, 5.74) is 3.60. The summed E-state index contributed by atoms with van der Waals surface area (Å²) in [6.45, 7) is 1.22. The number of sulfonamides is 1. The molecule has 32 heavy (non-hydrogen) atoms. The van der Waals surface area contributed by atoms with Gasteiger partial charge in [0.15, 0.2) is 6.61 Å². The molecule has 0 aliphatic rings. The van der Waals surface area contributed by atoms with Crippen LogP contribution < -0.4 is 14.9 Å². The van der Waals surface area contributed by atoms with Crippen LogP contribution in [-0.2, 0) is 14.8 Å². The molecule has 166 valence electrons. The van der Waals surface area contributed by atoms with E-state index in [2.05, 4.69) is 20.2 Å². The van der Waals surface area contributed by atoms with Gasteiger partial charge in [0, 0.05) is 6.20 Å². The molecule has 1 amide bonds. The first-order valence-electron chi connectivity index (χ1n) is 9.06. The van der Waals surface area contributed by atoms with Gasteiger partial charge in [-0.2, -0.15) is 5.10 Å². The third-order valence-corrected chi connectivity index (χ3v) is 6.79. The number of aromatic nitrogens is 1. The molecule has 1 aromatic carbocycles. The molecule has 0 radical (unpaired) electrons. The second kappa shape index (κ2) is 10.0. The Morgan fingerprint density at radius 3 is 2.59 bits per heavy atom. The predicted molar refractivity (Wildman–Crippen MR) is 119 cm³/mol. The fourth-order valence-electron chi connectivity index (χ4n) is 2.48. The van der Waals surface area contributed by atoms with Gasteiger partial charge in [-0.05, 0) is 54.3 Å². The summed E-state index contributed by atoms with van der Waals surface area (Å²) in [4.78, 5) is 27.1. The van der Waals surface area contributed by atoms with E-state index in [-0.39, 0.29) is 15.5 Å². The Balaban J connectivity index is 1.71. The van der Waals surface area contributed by atoms with Gasteiger partial charge < -0.3 is 9.84 Å². The maximum absolute atomic E-state index is 12.6. The van der Waals surface area contributed by atoms with Crippen molar-refractivity contribution in [2.75, 3.05) is 11.3 Å². The number of pyridine rings is 1. The summed E-state index contributed by atoms with van der Waals surface area (Å²) < 4.78 is 32.5. The van der Waals surface area contributed by atoms with Gasteiger partial charge in [-0.25, -0.2) is 18.6 Å². The van der Waals surface area contributed by atoms with Gasteiger partial charge in [-0.15, -0.1) is 11.3 Å². The highest BCUT2D eigenvalue weighted by atomic mass is 32.2. The zero-order valence-corrected chi connectivity index (χ0v) is 18.3. The Morgan fingerprint density at radius 1 is 1.19 bits per heavy atom. The number of ether oxygens (including phenoxy) is 1. The standard InChI is InChI=1S/C20H18N4O6S2/c1-13(14-4-6-15(7-5-14)30-12-18(25)26)22-23-20(27)16-8-9-21-11-17(16)24-32(28,29)19-3-2-10-31-19/h2-11,24H,12H2,1H3,(H,23,27)(H,25,26)/b22-13+. The molecule has 0 fully saturated rings. The number of amides is 1. The molecule has 0 bridgehead atoms. The molecule has 2 heterocycles. The van der Waals surface area contributed by atoms with E-state index in [1.807, 2.05) is 0 Å². The van der Waals surface area contributed by atoms with Crippen LogP contribution in [0, 0.1) is 0 Å². The molecule has 3 aromatic rings. The lowest BCUT2D eigenvalue weighted by molar-refractivity contribution is -0.139. The highest BCUT2D eigenvalue weighted by Crippen LogP contribution is 2.22. The van der Waals surface area contributed by atoms with Gasteiger partial charge in [0.05, 0.1) is 23.2 Å². The number of nitrogens with zero attached hydrogens (tertiary/aromatic N) is 2. The molecule has 0 spiro atoms. The number of carbonyl (C=O) groups excluding carboxylic acids is 1. The monoisotopic (exact) mass is 474 g/mol. The lowest BCUT2D eigenvalue weighted by atomic mass is 10.1. The largest absolute Gasteiger partial charge is 0.482 e. The normalized spacial score (nSPS) is 11.6. The molecule has 0 unspecified atom stereocenters. The smallest absolute Gasteiger partial charge is 0.341 e. The molecular formula is C20H18N4O6S2. The number of rotatable bonds is 9. The fourth-order valence-corrected chi connectivity index (χ4v) is 4.54. The Bertz CT molecular complexity index is 1240. The van der Waals surface area contributed by atoms with E-state index >= 15 is 0 Å². The minimum Gasteiger partial charge on any atom is -0.482 e. The number of nitrogens with one attached hydrogen (secondary N) is 2. The van der Waals surface area contributed by atoms with Gasteiger partial charge in [-0.3, -0.25) is 14.5 Å². The van der Waals surface area contributed by atoms with Crippen LogP contribution in [0.2, 0.25) is 0 Å². The van der Waals surface area contributed by atoms with E-state index in [1.54, 1.807) is 42.6 Å². The minimum atomic E-state index is -3.85. The van der Waals surface area contributed by atoms with Crippen LogP contribution in [0.25, 0.3) is 0 Å². The molecular weight excluding hydrogens is 456 g/mol. The van der Waals surface area contributed by atoms with E-state index in [1.165, 1.54) is 24.5 Å². The number of hydrazone groups is 1. The maximum Gasteiger partial charge on any atom is 0.341 e. The van der Waals surface area contributed by atoms with E-state index in [9.17, 15) is 18.0 Å². The zero-order valence-electron chi connectivity index (χ0n) is 16.7. The van der Waals surface area contributed by atoms with Crippen LogP contribution in [0.4, 0.5) is 5.69 Å². The first kappa shape index (κ1) is 22.9. The second-order valence-corrected chi connectivity index (χ2v) is 9.16. The van der Waals surface area contributed by atoms with Gasteiger partial charge >= 0.3 is 5.97 Å². The van der Waals surface area contributed by atoms with Crippen molar-refractivity contribution >= 4 is 44.6 Å². The van der Waals surface area contributed by atoms with Crippen molar-refractivity contribution in [1.82, 2.24) is 10.4 Å². The van der Waals surface area contributed by atoms with Crippen LogP contribution in [0.3, 0.4) is 0 Å². The number of hydrogen-bond donors (Lipinski definition) is 3. The number of benzene rings is 1. The average Bonchev–Trinajstić information content (AvgIpc) is 3.32. The molecule has 0 aliphatic carbocycles. The molecule has 10 nitrogen and oxygen atoms in total. The number of carboxylic acids is 1. The highest BCUT2D eigenvalue weighted by Gasteiger charge is 2.19. The SMILES string of the molecule is C/C(=N\NC(=O)c1ccncc1NS(=O)(=O)c1cccs1)c1ccc(OCC(=O)O)cc1. The summed E-state index contributed by atoms with van der Waals surface area (Å²) in [6, 6.07) is 10.9. The zero-order chi connectivity index (χ0) is 23.1. The van der Waals surface area contributed by atoms with Crippen molar-refractivity contribution in [1.29, 1.82) is 0 Å². The molecule has 0 saturated heterocycles. The number of carboxylic acid groups (broad SMARTS) is 1. The number of carbonyl (C=O) groups is 2. The third-order valence-electron chi connectivity index (χ3n) is 4.03. The summed E-state index contributed by atoms with van der Waals surface area (Å²) in [5, 5.41) is 14.3. The van der Waals surface area contributed by atoms with Crippen LogP contribution in [-0.4, -0.2) is 42.7 Å². The van der Waals surface area contributed by atoms with Gasteiger partial charge in [-0.1, -0.05) is 6.07 Å². The molecule has 3 rings (SSSR count). The molecule has 0 aliphatic heterocycles. The topological polar surface area (TPSA) is 147 Å². The Labute approximate surface area is 187 Å². The van der Waals surface area contributed by atoms with Gasteiger partial charge in [0.1, 0.15) is 9.96 Å². The molecule has 2 aromatic heterocycles. The van der Waals surface area contributed by atoms with Crippen LogP contribution in [0.1, 0.15) is 22.8 Å². The molecule has 0 saturated carbocycles. The minimum absolute atomic E-state index is 0.0196. The van der Waals surface area contributed by atoms with Crippen LogP contribution in [0.15, 0.2) is 69.5 Å². The molecule has 0 atom stereocenters. The summed E-state index contributed by atoms with van der Waals surface area (Å²) >= 11 is 1.05. The first-order chi connectivity index (χ1) is 15.3. The lowest BCUT2D eigenvalue weighted by Crippen LogP contribution is -2.22. The number of aliphatic carboxylic acids is 1. The number of hydrogen-bond acceptors (Lipinski definition) is 8. The number of thiophene rings is 1. The highest BCUT2D eigenvalue weighted by molar-refractivity contribution is 7.94.